The molecule has 1 rings (SSSR count). The first-order chi connectivity index (χ1) is 9.92. The lowest BCUT2D eigenvalue weighted by atomic mass is 10.1. The van der Waals surface area contributed by atoms with Crippen molar-refractivity contribution in [3.05, 3.63) is 35.9 Å². The molecule has 0 saturated carbocycles. The van der Waals surface area contributed by atoms with Crippen molar-refractivity contribution in [3.8, 4) is 0 Å². The normalized spacial score (nSPS) is 12.8. The third-order valence-electron chi connectivity index (χ3n) is 2.86. The Balaban J connectivity index is 2.26. The highest BCUT2D eigenvalue weighted by molar-refractivity contribution is 5.74. The molecule has 118 valence electrons. The van der Waals surface area contributed by atoms with Gasteiger partial charge in [-0.15, -0.1) is 0 Å². The number of carbonyl (C=O) groups is 1. The van der Waals surface area contributed by atoms with Crippen molar-refractivity contribution in [2.45, 2.75) is 31.5 Å². The third-order valence-corrected chi connectivity index (χ3v) is 2.86. The summed E-state index contributed by atoms with van der Waals surface area (Å²) < 4.78 is 35.8. The second-order valence-corrected chi connectivity index (χ2v) is 4.62. The zero-order valence-electron chi connectivity index (χ0n) is 11.5. The van der Waals surface area contributed by atoms with Crippen LogP contribution in [0.1, 0.15) is 30.9 Å². The largest absolute Gasteiger partial charge is 0.394 e. The molecule has 0 aliphatic rings. The van der Waals surface area contributed by atoms with E-state index in [4.69, 9.17) is 0 Å². The molecular weight excluding hydrogens is 285 g/mol. The van der Waals surface area contributed by atoms with Crippen LogP contribution in [0, 0.1) is 0 Å². The standard InChI is InChI=1S/C14H19F3N2O2/c15-14(16,17)8-4-5-9-18-13(21)19-12(10-20)11-6-2-1-3-7-11/h1-3,6-7,12,20H,4-5,8-10H2,(H2,18,19,21). The number of unbranched alkanes of at least 4 members (excludes halogenated alkanes) is 1. The molecule has 0 saturated heterocycles. The van der Waals surface area contributed by atoms with Crippen LogP contribution in [0.3, 0.4) is 0 Å². The van der Waals surface area contributed by atoms with E-state index in [-0.39, 0.29) is 26.0 Å². The van der Waals surface area contributed by atoms with E-state index >= 15 is 0 Å². The highest BCUT2D eigenvalue weighted by atomic mass is 19.4. The monoisotopic (exact) mass is 304 g/mol. The van der Waals surface area contributed by atoms with Gasteiger partial charge in [-0.25, -0.2) is 4.79 Å². The highest BCUT2D eigenvalue weighted by Gasteiger charge is 2.25. The molecule has 4 nitrogen and oxygen atoms in total. The number of rotatable bonds is 7. The van der Waals surface area contributed by atoms with E-state index in [0.29, 0.717) is 0 Å². The molecule has 2 amide bonds. The minimum absolute atomic E-state index is 0.0219. The van der Waals surface area contributed by atoms with Crippen LogP contribution in [-0.4, -0.2) is 30.5 Å². The van der Waals surface area contributed by atoms with Gasteiger partial charge in [0.05, 0.1) is 12.6 Å². The number of amides is 2. The summed E-state index contributed by atoms with van der Waals surface area (Å²) in [6.45, 7) is -0.0969. The molecule has 0 bridgehead atoms. The minimum atomic E-state index is -4.16. The first-order valence-corrected chi connectivity index (χ1v) is 6.69. The number of alkyl halides is 3. The van der Waals surface area contributed by atoms with Gasteiger partial charge in [-0.2, -0.15) is 13.2 Å². The molecule has 0 aromatic heterocycles. The molecule has 0 aliphatic heterocycles. The molecule has 0 spiro atoms. The predicted octanol–water partition coefficient (Wildman–Crippen LogP) is 2.75. The van der Waals surface area contributed by atoms with Gasteiger partial charge in [-0.1, -0.05) is 30.3 Å². The fourth-order valence-corrected chi connectivity index (χ4v) is 1.78. The van der Waals surface area contributed by atoms with Crippen LogP contribution < -0.4 is 10.6 Å². The van der Waals surface area contributed by atoms with Gasteiger partial charge in [0, 0.05) is 13.0 Å². The van der Waals surface area contributed by atoms with Gasteiger partial charge in [0.15, 0.2) is 0 Å². The fourth-order valence-electron chi connectivity index (χ4n) is 1.78. The zero-order valence-corrected chi connectivity index (χ0v) is 11.5. The number of carbonyl (C=O) groups excluding carboxylic acids is 1. The molecule has 0 fully saturated rings. The molecule has 1 atom stereocenters. The number of nitrogens with one attached hydrogen (secondary N) is 2. The average molecular weight is 304 g/mol. The number of urea groups is 1. The molecule has 0 heterocycles. The lowest BCUT2D eigenvalue weighted by Crippen LogP contribution is -2.39. The number of aliphatic hydroxyl groups excluding tert-OH is 1. The van der Waals surface area contributed by atoms with Gasteiger partial charge in [0.2, 0.25) is 0 Å². The molecule has 0 aliphatic carbocycles. The van der Waals surface area contributed by atoms with Gasteiger partial charge in [0.1, 0.15) is 0 Å². The van der Waals surface area contributed by atoms with Crippen molar-refractivity contribution < 1.29 is 23.1 Å². The van der Waals surface area contributed by atoms with E-state index in [2.05, 4.69) is 10.6 Å². The van der Waals surface area contributed by atoms with E-state index in [0.717, 1.165) is 5.56 Å². The van der Waals surface area contributed by atoms with E-state index in [1.54, 1.807) is 24.3 Å². The topological polar surface area (TPSA) is 61.4 Å². The summed E-state index contributed by atoms with van der Waals surface area (Å²) in [5.41, 5.74) is 0.757. The SMILES string of the molecule is O=C(NCCCCC(F)(F)F)NC(CO)c1ccccc1. The van der Waals surface area contributed by atoms with Crippen molar-refractivity contribution in [2.75, 3.05) is 13.2 Å². The predicted molar refractivity (Wildman–Crippen MR) is 72.7 cm³/mol. The van der Waals surface area contributed by atoms with Gasteiger partial charge >= 0.3 is 12.2 Å². The number of aliphatic hydroxyl groups is 1. The Kier molecular flexibility index (Phi) is 7.01. The first kappa shape index (κ1) is 17.3. The average Bonchev–Trinajstić information content (AvgIpc) is 2.44. The molecule has 7 heteroatoms. The van der Waals surface area contributed by atoms with Crippen LogP contribution >= 0.6 is 0 Å². The maximum atomic E-state index is 11.9. The van der Waals surface area contributed by atoms with Gasteiger partial charge in [0.25, 0.3) is 0 Å². The number of halogens is 3. The molecule has 1 aromatic rings. The van der Waals surface area contributed by atoms with Gasteiger partial charge in [-0.3, -0.25) is 0 Å². The highest BCUT2D eigenvalue weighted by Crippen LogP contribution is 2.21. The van der Waals surface area contributed by atoms with E-state index in [1.807, 2.05) is 6.07 Å². The summed E-state index contributed by atoms with van der Waals surface area (Å²) in [5, 5.41) is 14.3. The van der Waals surface area contributed by atoms with Gasteiger partial charge < -0.3 is 15.7 Å². The summed E-state index contributed by atoms with van der Waals surface area (Å²) in [7, 11) is 0. The van der Waals surface area contributed by atoms with Crippen LogP contribution in [0.25, 0.3) is 0 Å². The van der Waals surface area contributed by atoms with Crippen LogP contribution in [0.4, 0.5) is 18.0 Å². The molecule has 21 heavy (non-hydrogen) atoms. The summed E-state index contributed by atoms with van der Waals surface area (Å²) in [6, 6.07) is 7.88. The number of benzene rings is 1. The summed E-state index contributed by atoms with van der Waals surface area (Å²) in [4.78, 5) is 11.6. The third kappa shape index (κ3) is 7.55. The lowest BCUT2D eigenvalue weighted by Gasteiger charge is -2.17. The van der Waals surface area contributed by atoms with E-state index in [1.165, 1.54) is 0 Å². The maximum absolute atomic E-state index is 11.9. The molecule has 3 N–H and O–H groups in total. The molecule has 0 radical (unpaired) electrons. The van der Waals surface area contributed by atoms with Crippen LogP contribution in [-0.2, 0) is 0 Å². The Morgan fingerprint density at radius 1 is 1.19 bits per heavy atom. The summed E-state index contributed by atoms with van der Waals surface area (Å²) in [5.74, 6) is 0. The first-order valence-electron chi connectivity index (χ1n) is 6.69. The second-order valence-electron chi connectivity index (χ2n) is 4.62. The Labute approximate surface area is 121 Å². The Morgan fingerprint density at radius 2 is 1.86 bits per heavy atom. The zero-order chi connectivity index (χ0) is 15.7. The van der Waals surface area contributed by atoms with E-state index in [9.17, 15) is 23.1 Å². The van der Waals surface area contributed by atoms with Crippen molar-refractivity contribution >= 4 is 6.03 Å². The smallest absolute Gasteiger partial charge is 0.389 e. The van der Waals surface area contributed by atoms with Crippen molar-refractivity contribution in [1.82, 2.24) is 10.6 Å². The molecule has 1 unspecified atom stereocenters. The Morgan fingerprint density at radius 3 is 2.43 bits per heavy atom. The molecule has 1 aromatic carbocycles. The van der Waals surface area contributed by atoms with Crippen LogP contribution in [0.15, 0.2) is 30.3 Å². The van der Waals surface area contributed by atoms with Crippen molar-refractivity contribution in [2.24, 2.45) is 0 Å². The lowest BCUT2D eigenvalue weighted by molar-refractivity contribution is -0.135. The van der Waals surface area contributed by atoms with Crippen molar-refractivity contribution in [3.63, 3.8) is 0 Å². The number of hydrogen-bond donors (Lipinski definition) is 3. The molecular formula is C14H19F3N2O2. The van der Waals surface area contributed by atoms with Crippen LogP contribution in [0.5, 0.6) is 0 Å². The number of hydrogen-bond acceptors (Lipinski definition) is 2. The second kappa shape index (κ2) is 8.51. The van der Waals surface area contributed by atoms with Crippen LogP contribution in [0.2, 0.25) is 0 Å². The fraction of sp³-hybridized carbons (Fsp3) is 0.500. The summed E-state index contributed by atoms with van der Waals surface area (Å²) >= 11 is 0. The maximum Gasteiger partial charge on any atom is 0.389 e. The Bertz CT molecular complexity index is 424. The quantitative estimate of drug-likeness (QED) is 0.678. The minimum Gasteiger partial charge on any atom is -0.394 e. The van der Waals surface area contributed by atoms with Crippen molar-refractivity contribution in [1.29, 1.82) is 0 Å². The van der Waals surface area contributed by atoms with Gasteiger partial charge in [-0.05, 0) is 18.4 Å². The van der Waals surface area contributed by atoms with E-state index < -0.39 is 24.7 Å². The Hall–Kier alpha value is -1.76. The summed E-state index contributed by atoms with van der Waals surface area (Å²) in [6.07, 6.45) is -4.77.